The number of carbonyl (C=O) groups excluding carboxylic acids is 1. The van der Waals surface area contributed by atoms with E-state index in [-0.39, 0.29) is 12.2 Å². The zero-order chi connectivity index (χ0) is 14.5. The summed E-state index contributed by atoms with van der Waals surface area (Å²) < 4.78 is 18.2. The van der Waals surface area contributed by atoms with Gasteiger partial charge in [0.2, 0.25) is 0 Å². The number of nitrogens with zero attached hydrogens (tertiary/aromatic N) is 1. The van der Waals surface area contributed by atoms with Crippen molar-refractivity contribution in [3.63, 3.8) is 0 Å². The predicted molar refractivity (Wildman–Crippen MR) is 65.7 cm³/mol. The number of urea groups is 1. The number of hydrogen-bond donors (Lipinski definition) is 3. The molecule has 0 fully saturated rings. The van der Waals surface area contributed by atoms with Crippen LogP contribution in [-0.4, -0.2) is 22.3 Å². The van der Waals surface area contributed by atoms with Crippen LogP contribution in [0.3, 0.4) is 0 Å². The molecule has 0 saturated heterocycles. The first-order chi connectivity index (χ1) is 9.58. The van der Waals surface area contributed by atoms with Gasteiger partial charge >= 0.3 is 12.0 Å². The third kappa shape index (κ3) is 3.10. The molecule has 2 amide bonds. The zero-order valence-electron chi connectivity index (χ0n) is 10.1. The first-order valence-electron chi connectivity index (χ1n) is 5.54. The van der Waals surface area contributed by atoms with Crippen LogP contribution in [0.15, 0.2) is 35.0 Å². The van der Waals surface area contributed by atoms with Gasteiger partial charge in [0, 0.05) is 6.07 Å². The molecule has 2 aromatic rings. The predicted octanol–water partition coefficient (Wildman–Crippen LogP) is 1.83. The summed E-state index contributed by atoms with van der Waals surface area (Å²) in [5, 5.41) is 17.0. The fourth-order valence-corrected chi connectivity index (χ4v) is 1.51. The molecule has 20 heavy (non-hydrogen) atoms. The summed E-state index contributed by atoms with van der Waals surface area (Å²) in [6.45, 7) is 0.0730. The molecule has 0 spiro atoms. The Bertz CT molecular complexity index is 628. The first kappa shape index (κ1) is 13.5. The molecule has 0 radical (unpaired) electrons. The molecule has 2 rings (SSSR count). The normalized spacial score (nSPS) is 10.1. The second kappa shape index (κ2) is 5.83. The fourth-order valence-electron chi connectivity index (χ4n) is 1.51. The Kier molecular flexibility index (Phi) is 3.94. The van der Waals surface area contributed by atoms with E-state index in [1.54, 1.807) is 6.07 Å². The van der Waals surface area contributed by atoms with Gasteiger partial charge in [0.1, 0.15) is 11.4 Å². The van der Waals surface area contributed by atoms with Crippen LogP contribution in [0.5, 0.6) is 0 Å². The van der Waals surface area contributed by atoms with E-state index >= 15 is 0 Å². The first-order valence-corrected chi connectivity index (χ1v) is 5.54. The van der Waals surface area contributed by atoms with Crippen LogP contribution in [-0.2, 0) is 6.54 Å². The van der Waals surface area contributed by atoms with Crippen LogP contribution in [0, 0.1) is 5.82 Å². The van der Waals surface area contributed by atoms with Gasteiger partial charge in [-0.25, -0.2) is 14.0 Å². The SMILES string of the molecule is O=C(NCc1ccno1)Nc1cccc(F)c1C(=O)O. The van der Waals surface area contributed by atoms with Crippen LogP contribution in [0.25, 0.3) is 0 Å². The Morgan fingerprint density at radius 3 is 2.80 bits per heavy atom. The van der Waals surface area contributed by atoms with Gasteiger partial charge in [0.05, 0.1) is 18.4 Å². The molecule has 0 saturated carbocycles. The third-order valence-electron chi connectivity index (χ3n) is 2.39. The van der Waals surface area contributed by atoms with E-state index in [0.717, 1.165) is 6.07 Å². The summed E-state index contributed by atoms with van der Waals surface area (Å²) in [6.07, 6.45) is 1.42. The van der Waals surface area contributed by atoms with Crippen LogP contribution < -0.4 is 10.6 Å². The van der Waals surface area contributed by atoms with E-state index in [4.69, 9.17) is 9.63 Å². The molecule has 0 aliphatic rings. The van der Waals surface area contributed by atoms with Gasteiger partial charge < -0.3 is 20.3 Å². The Hall–Kier alpha value is -2.90. The van der Waals surface area contributed by atoms with Gasteiger partial charge in [0.15, 0.2) is 5.76 Å². The van der Waals surface area contributed by atoms with Crippen molar-refractivity contribution in [3.05, 3.63) is 47.6 Å². The number of carbonyl (C=O) groups is 2. The minimum absolute atomic E-state index is 0.0730. The highest BCUT2D eigenvalue weighted by Crippen LogP contribution is 2.18. The van der Waals surface area contributed by atoms with E-state index < -0.39 is 23.4 Å². The Morgan fingerprint density at radius 2 is 2.15 bits per heavy atom. The lowest BCUT2D eigenvalue weighted by molar-refractivity contribution is 0.0693. The number of rotatable bonds is 4. The largest absolute Gasteiger partial charge is 0.478 e. The molecule has 0 atom stereocenters. The highest BCUT2D eigenvalue weighted by Gasteiger charge is 2.17. The van der Waals surface area contributed by atoms with Crippen LogP contribution in [0.1, 0.15) is 16.1 Å². The summed E-state index contributed by atoms with van der Waals surface area (Å²) >= 11 is 0. The van der Waals surface area contributed by atoms with Crippen molar-refractivity contribution in [1.82, 2.24) is 10.5 Å². The number of amides is 2. The van der Waals surface area contributed by atoms with Gasteiger partial charge in [0.25, 0.3) is 0 Å². The van der Waals surface area contributed by atoms with Crippen LogP contribution in [0.4, 0.5) is 14.9 Å². The molecule has 1 aromatic carbocycles. The van der Waals surface area contributed by atoms with E-state index in [1.165, 1.54) is 18.3 Å². The molecule has 1 heterocycles. The number of nitrogens with one attached hydrogen (secondary N) is 2. The minimum atomic E-state index is -1.46. The van der Waals surface area contributed by atoms with Crippen molar-refractivity contribution in [2.24, 2.45) is 0 Å². The van der Waals surface area contributed by atoms with Gasteiger partial charge in [-0.2, -0.15) is 0 Å². The second-order valence-electron chi connectivity index (χ2n) is 3.75. The van der Waals surface area contributed by atoms with E-state index in [1.807, 2.05) is 0 Å². The van der Waals surface area contributed by atoms with Crippen molar-refractivity contribution in [2.75, 3.05) is 5.32 Å². The van der Waals surface area contributed by atoms with Gasteiger partial charge in [-0.1, -0.05) is 11.2 Å². The molecule has 0 unspecified atom stereocenters. The number of halogens is 1. The highest BCUT2D eigenvalue weighted by molar-refractivity contribution is 6.00. The van der Waals surface area contributed by atoms with Crippen molar-refractivity contribution in [1.29, 1.82) is 0 Å². The smallest absolute Gasteiger partial charge is 0.340 e. The van der Waals surface area contributed by atoms with Gasteiger partial charge in [-0.05, 0) is 12.1 Å². The van der Waals surface area contributed by atoms with Crippen molar-refractivity contribution in [3.8, 4) is 0 Å². The summed E-state index contributed by atoms with van der Waals surface area (Å²) in [5.74, 6) is -1.96. The Balaban J connectivity index is 2.04. The molecular formula is C12H10FN3O4. The number of aromatic carboxylic acids is 1. The molecule has 8 heteroatoms. The molecule has 1 aromatic heterocycles. The molecule has 0 aliphatic heterocycles. The summed E-state index contributed by atoms with van der Waals surface area (Å²) in [7, 11) is 0. The van der Waals surface area contributed by atoms with Crippen molar-refractivity contribution < 1.29 is 23.6 Å². The highest BCUT2D eigenvalue weighted by atomic mass is 19.1. The molecule has 0 aliphatic carbocycles. The van der Waals surface area contributed by atoms with E-state index in [9.17, 15) is 14.0 Å². The molecule has 7 nitrogen and oxygen atoms in total. The number of anilines is 1. The van der Waals surface area contributed by atoms with Gasteiger partial charge in [-0.15, -0.1) is 0 Å². The van der Waals surface area contributed by atoms with Crippen molar-refractivity contribution >= 4 is 17.7 Å². The maximum Gasteiger partial charge on any atom is 0.340 e. The van der Waals surface area contributed by atoms with Crippen molar-refractivity contribution in [2.45, 2.75) is 6.54 Å². The number of benzene rings is 1. The number of hydrogen-bond acceptors (Lipinski definition) is 4. The average Bonchev–Trinajstić information content (AvgIpc) is 2.89. The minimum Gasteiger partial charge on any atom is -0.478 e. The number of carboxylic acid groups (broad SMARTS) is 1. The summed E-state index contributed by atoms with van der Waals surface area (Å²) in [6, 6.07) is 4.47. The maximum absolute atomic E-state index is 13.4. The molecule has 104 valence electrons. The van der Waals surface area contributed by atoms with Gasteiger partial charge in [-0.3, -0.25) is 0 Å². The lowest BCUT2D eigenvalue weighted by atomic mass is 10.1. The van der Waals surface area contributed by atoms with Crippen LogP contribution in [0.2, 0.25) is 0 Å². The Morgan fingerprint density at radius 1 is 1.35 bits per heavy atom. The molecular weight excluding hydrogens is 269 g/mol. The third-order valence-corrected chi connectivity index (χ3v) is 2.39. The summed E-state index contributed by atoms with van der Waals surface area (Å²) in [5.41, 5.74) is -0.727. The lowest BCUT2D eigenvalue weighted by Gasteiger charge is -2.09. The lowest BCUT2D eigenvalue weighted by Crippen LogP contribution is -2.29. The number of aromatic nitrogens is 1. The molecule has 0 bridgehead atoms. The Labute approximate surface area is 112 Å². The fraction of sp³-hybridized carbons (Fsp3) is 0.0833. The maximum atomic E-state index is 13.4. The quantitative estimate of drug-likeness (QED) is 0.792. The average molecular weight is 279 g/mol. The monoisotopic (exact) mass is 279 g/mol. The van der Waals surface area contributed by atoms with E-state index in [2.05, 4.69) is 15.8 Å². The summed E-state index contributed by atoms with van der Waals surface area (Å²) in [4.78, 5) is 22.5. The number of carboxylic acids is 1. The topological polar surface area (TPSA) is 104 Å². The molecule has 3 N–H and O–H groups in total. The van der Waals surface area contributed by atoms with E-state index in [0.29, 0.717) is 5.76 Å². The van der Waals surface area contributed by atoms with Crippen LogP contribution >= 0.6 is 0 Å². The zero-order valence-corrected chi connectivity index (χ0v) is 10.1. The second-order valence-corrected chi connectivity index (χ2v) is 3.75. The standard InChI is InChI=1S/C12H10FN3O4/c13-8-2-1-3-9(10(8)11(17)18)16-12(19)14-6-7-4-5-15-20-7/h1-5H,6H2,(H,17,18)(H2,14,16,19).